The van der Waals surface area contributed by atoms with Gasteiger partial charge in [-0.25, -0.2) is 4.90 Å². The molecule has 0 atom stereocenters. The van der Waals surface area contributed by atoms with E-state index in [1.54, 1.807) is 0 Å². The maximum absolute atomic E-state index is 13.8. The largest absolute Gasteiger partial charge is 0.378 e. The predicted octanol–water partition coefficient (Wildman–Crippen LogP) is 4.07. The minimum atomic E-state index is -0.272. The number of morpholine rings is 1. The van der Waals surface area contributed by atoms with Gasteiger partial charge in [-0.3, -0.25) is 9.59 Å². The zero-order valence-electron chi connectivity index (χ0n) is 17.7. The van der Waals surface area contributed by atoms with Crippen molar-refractivity contribution in [3.63, 3.8) is 0 Å². The molecule has 0 aromatic heterocycles. The summed E-state index contributed by atoms with van der Waals surface area (Å²) < 4.78 is 5.49. The molecule has 0 unspecified atom stereocenters. The number of hydrogen-bond donors (Lipinski definition) is 0. The van der Waals surface area contributed by atoms with Gasteiger partial charge in [0.1, 0.15) is 5.70 Å². The maximum atomic E-state index is 13.8. The number of benzene rings is 3. The third kappa shape index (κ3) is 3.22. The average molecular weight is 412 g/mol. The number of carbonyl (C=O) groups excluding carboxylic acids is 2. The minimum absolute atomic E-state index is 0.267. The Morgan fingerprint density at radius 3 is 2.32 bits per heavy atom. The molecule has 2 amide bonds. The fraction of sp³-hybridized carbons (Fsp3) is 0.231. The van der Waals surface area contributed by atoms with Gasteiger partial charge in [-0.2, -0.15) is 0 Å². The van der Waals surface area contributed by atoms with Crippen molar-refractivity contribution in [3.05, 3.63) is 83.1 Å². The van der Waals surface area contributed by atoms with Crippen molar-refractivity contribution in [3.8, 4) is 0 Å². The second-order valence-electron chi connectivity index (χ2n) is 8.07. The highest BCUT2D eigenvalue weighted by atomic mass is 16.5. The van der Waals surface area contributed by atoms with Gasteiger partial charge < -0.3 is 9.64 Å². The van der Waals surface area contributed by atoms with Crippen LogP contribution >= 0.6 is 0 Å². The van der Waals surface area contributed by atoms with E-state index in [9.17, 15) is 9.59 Å². The number of rotatable bonds is 3. The number of ether oxygens (including phenoxy) is 1. The summed E-state index contributed by atoms with van der Waals surface area (Å²) in [4.78, 5) is 30.9. The Labute approximate surface area is 181 Å². The lowest BCUT2D eigenvalue weighted by atomic mass is 9.99. The third-order valence-corrected chi connectivity index (χ3v) is 6.19. The van der Waals surface area contributed by atoms with E-state index in [2.05, 4.69) is 0 Å². The number of amides is 2. The summed E-state index contributed by atoms with van der Waals surface area (Å²) in [5.41, 5.74) is 4.60. The number of fused-ring (bicyclic) bond motifs is 1. The molecule has 156 valence electrons. The van der Waals surface area contributed by atoms with E-state index in [-0.39, 0.29) is 11.8 Å². The van der Waals surface area contributed by atoms with Crippen molar-refractivity contribution < 1.29 is 14.3 Å². The fourth-order valence-electron chi connectivity index (χ4n) is 4.38. The van der Waals surface area contributed by atoms with Gasteiger partial charge in [-0.1, -0.05) is 54.6 Å². The lowest BCUT2D eigenvalue weighted by Crippen LogP contribution is -2.40. The molecule has 0 radical (unpaired) electrons. The molecular formula is C26H24N2O3. The van der Waals surface area contributed by atoms with Crippen LogP contribution in [0.3, 0.4) is 0 Å². The van der Waals surface area contributed by atoms with Crippen molar-refractivity contribution in [2.75, 3.05) is 31.2 Å². The standard InChI is InChI=1S/C26H24N2O3/c1-17-10-11-20(16-18(17)2)23-24(27-12-14-31-15-13-27)26(30)28(25(23)29)22-9-5-7-19-6-3-4-8-21(19)22/h3-11,16H,12-15H2,1-2H3. The van der Waals surface area contributed by atoms with Crippen LogP contribution in [-0.2, 0) is 14.3 Å². The van der Waals surface area contributed by atoms with Crippen molar-refractivity contribution >= 4 is 33.8 Å². The Morgan fingerprint density at radius 2 is 1.55 bits per heavy atom. The average Bonchev–Trinajstić information content (AvgIpc) is 3.06. The summed E-state index contributed by atoms with van der Waals surface area (Å²) in [6.07, 6.45) is 0. The van der Waals surface area contributed by atoms with Gasteiger partial charge in [0, 0.05) is 18.5 Å². The van der Waals surface area contributed by atoms with Gasteiger partial charge in [0.05, 0.1) is 24.5 Å². The fourth-order valence-corrected chi connectivity index (χ4v) is 4.38. The minimum Gasteiger partial charge on any atom is -0.378 e. The normalized spacial score (nSPS) is 17.2. The van der Waals surface area contributed by atoms with E-state index in [1.165, 1.54) is 4.90 Å². The predicted molar refractivity (Wildman–Crippen MR) is 122 cm³/mol. The summed E-state index contributed by atoms with van der Waals surface area (Å²) in [7, 11) is 0. The van der Waals surface area contributed by atoms with Crippen molar-refractivity contribution in [2.24, 2.45) is 0 Å². The van der Waals surface area contributed by atoms with Crippen LogP contribution in [-0.4, -0.2) is 43.0 Å². The molecule has 2 aliphatic rings. The molecule has 5 rings (SSSR count). The summed E-state index contributed by atoms with van der Waals surface area (Å²) in [6.45, 7) is 6.33. The van der Waals surface area contributed by atoms with Crippen LogP contribution in [0, 0.1) is 13.8 Å². The zero-order chi connectivity index (χ0) is 21.5. The first-order valence-corrected chi connectivity index (χ1v) is 10.6. The molecule has 3 aromatic rings. The van der Waals surface area contributed by atoms with Crippen LogP contribution in [0.2, 0.25) is 0 Å². The molecule has 1 fully saturated rings. The van der Waals surface area contributed by atoms with E-state index >= 15 is 0 Å². The second-order valence-corrected chi connectivity index (χ2v) is 8.07. The Hall–Kier alpha value is -3.44. The number of imide groups is 1. The Balaban J connectivity index is 1.69. The number of hydrogen-bond acceptors (Lipinski definition) is 4. The van der Waals surface area contributed by atoms with Crippen LogP contribution < -0.4 is 4.90 Å². The van der Waals surface area contributed by atoms with Crippen LogP contribution in [0.15, 0.2) is 66.4 Å². The molecule has 1 saturated heterocycles. The quantitative estimate of drug-likeness (QED) is 0.609. The molecule has 0 spiro atoms. The monoisotopic (exact) mass is 412 g/mol. The smallest absolute Gasteiger partial charge is 0.282 e. The van der Waals surface area contributed by atoms with E-state index < -0.39 is 0 Å². The number of aryl methyl sites for hydroxylation is 2. The van der Waals surface area contributed by atoms with Crippen LogP contribution in [0.5, 0.6) is 0 Å². The number of carbonyl (C=O) groups is 2. The molecule has 0 N–H and O–H groups in total. The summed E-state index contributed by atoms with van der Waals surface area (Å²) in [5.74, 6) is -0.539. The van der Waals surface area contributed by atoms with Gasteiger partial charge in [-0.15, -0.1) is 0 Å². The highest BCUT2D eigenvalue weighted by molar-refractivity contribution is 6.46. The van der Waals surface area contributed by atoms with Gasteiger partial charge >= 0.3 is 0 Å². The zero-order valence-corrected chi connectivity index (χ0v) is 17.7. The van der Waals surface area contributed by atoms with Crippen molar-refractivity contribution in [1.82, 2.24) is 4.90 Å². The Morgan fingerprint density at radius 1 is 0.806 bits per heavy atom. The summed E-state index contributed by atoms with van der Waals surface area (Å²) in [6, 6.07) is 19.5. The van der Waals surface area contributed by atoms with Gasteiger partial charge in [0.15, 0.2) is 0 Å². The number of anilines is 1. The highest BCUT2D eigenvalue weighted by Gasteiger charge is 2.43. The van der Waals surface area contributed by atoms with Crippen LogP contribution in [0.4, 0.5) is 5.69 Å². The SMILES string of the molecule is Cc1ccc(C2=C(N3CCOCC3)C(=O)N(c3cccc4ccccc34)C2=O)cc1C. The summed E-state index contributed by atoms with van der Waals surface area (Å²) in [5, 5.41) is 1.88. The highest BCUT2D eigenvalue weighted by Crippen LogP contribution is 2.38. The maximum Gasteiger partial charge on any atom is 0.282 e. The second kappa shape index (κ2) is 7.67. The van der Waals surface area contributed by atoms with Gasteiger partial charge in [0.2, 0.25) is 0 Å². The Kier molecular flexibility index (Phi) is 4.83. The summed E-state index contributed by atoms with van der Waals surface area (Å²) >= 11 is 0. The molecule has 0 saturated carbocycles. The third-order valence-electron chi connectivity index (χ3n) is 6.19. The lowest BCUT2D eigenvalue weighted by molar-refractivity contribution is -0.121. The van der Waals surface area contributed by atoms with Crippen molar-refractivity contribution in [1.29, 1.82) is 0 Å². The van der Waals surface area contributed by atoms with E-state index in [1.807, 2.05) is 79.4 Å². The van der Waals surface area contributed by atoms with Crippen LogP contribution in [0.1, 0.15) is 16.7 Å². The molecule has 3 aromatic carbocycles. The van der Waals surface area contributed by atoms with Crippen LogP contribution in [0.25, 0.3) is 16.3 Å². The molecule has 2 aliphatic heterocycles. The first-order valence-electron chi connectivity index (χ1n) is 10.6. The molecule has 5 heteroatoms. The topological polar surface area (TPSA) is 49.9 Å². The van der Waals surface area contributed by atoms with Gasteiger partial charge in [0.25, 0.3) is 11.8 Å². The first kappa shape index (κ1) is 19.5. The molecule has 0 bridgehead atoms. The lowest BCUT2D eigenvalue weighted by Gasteiger charge is -2.29. The Bertz CT molecular complexity index is 1230. The van der Waals surface area contributed by atoms with E-state index in [4.69, 9.17) is 4.74 Å². The molecule has 0 aliphatic carbocycles. The molecule has 2 heterocycles. The van der Waals surface area contributed by atoms with Gasteiger partial charge in [-0.05, 0) is 42.0 Å². The van der Waals surface area contributed by atoms with Crippen molar-refractivity contribution in [2.45, 2.75) is 13.8 Å². The van der Waals surface area contributed by atoms with E-state index in [0.29, 0.717) is 43.3 Å². The van der Waals surface area contributed by atoms with E-state index in [0.717, 1.165) is 27.5 Å². The molecular weight excluding hydrogens is 388 g/mol. The number of nitrogens with zero attached hydrogens (tertiary/aromatic N) is 2. The first-order chi connectivity index (χ1) is 15.1. The molecule has 31 heavy (non-hydrogen) atoms. The molecule has 5 nitrogen and oxygen atoms in total.